The van der Waals surface area contributed by atoms with Crippen LogP contribution in [-0.2, 0) is 9.53 Å². The van der Waals surface area contributed by atoms with E-state index in [1.54, 1.807) is 12.1 Å². The molecule has 2 amide bonds. The molecule has 36 heavy (non-hydrogen) atoms. The van der Waals surface area contributed by atoms with E-state index in [1.807, 2.05) is 30.3 Å². The van der Waals surface area contributed by atoms with E-state index in [0.717, 1.165) is 0 Å². The second-order valence-electron chi connectivity index (χ2n) is 8.16. The number of hydrogen-bond acceptors (Lipinski definition) is 6. The highest BCUT2D eigenvalue weighted by molar-refractivity contribution is 5.90. The van der Waals surface area contributed by atoms with Gasteiger partial charge in [0.1, 0.15) is 23.4 Å². The van der Waals surface area contributed by atoms with Crippen LogP contribution in [0.1, 0.15) is 6.92 Å². The quantitative estimate of drug-likeness (QED) is 0.442. The molecule has 0 radical (unpaired) electrons. The Kier molecular flexibility index (Phi) is 6.11. The molecular formula is C25H20F2N6O3. The SMILES string of the molecule is CC(=O)NC[C@H]1CN(c2ccc(-c3ccc(-n4nnnc4-c4ccccc4)c(F)c3)c(F)c2)C(=O)O1. The monoisotopic (exact) mass is 490 g/mol. The Morgan fingerprint density at radius 1 is 1.06 bits per heavy atom. The number of cyclic esters (lactones) is 1. The van der Waals surface area contributed by atoms with Gasteiger partial charge in [-0.05, 0) is 46.3 Å². The average molecular weight is 490 g/mol. The zero-order valence-electron chi connectivity index (χ0n) is 19.1. The Bertz CT molecular complexity index is 1440. The van der Waals surface area contributed by atoms with Crippen molar-refractivity contribution in [1.29, 1.82) is 0 Å². The van der Waals surface area contributed by atoms with E-state index in [0.29, 0.717) is 22.6 Å². The van der Waals surface area contributed by atoms with Crippen molar-refractivity contribution in [2.75, 3.05) is 18.0 Å². The van der Waals surface area contributed by atoms with Gasteiger partial charge in [-0.15, -0.1) is 5.10 Å². The van der Waals surface area contributed by atoms with Gasteiger partial charge in [0.2, 0.25) is 5.91 Å². The van der Waals surface area contributed by atoms with E-state index >= 15 is 8.78 Å². The normalized spacial score (nSPS) is 15.1. The number of ether oxygens (including phenoxy) is 1. The molecule has 1 aromatic heterocycles. The Balaban J connectivity index is 1.38. The average Bonchev–Trinajstić information content (AvgIpc) is 3.50. The van der Waals surface area contributed by atoms with Gasteiger partial charge in [-0.25, -0.2) is 13.6 Å². The van der Waals surface area contributed by atoms with Crippen molar-refractivity contribution < 1.29 is 23.1 Å². The lowest BCUT2D eigenvalue weighted by Gasteiger charge is -2.15. The van der Waals surface area contributed by atoms with Crippen LogP contribution in [0.3, 0.4) is 0 Å². The third-order valence-electron chi connectivity index (χ3n) is 5.71. The first-order valence-electron chi connectivity index (χ1n) is 11.1. The van der Waals surface area contributed by atoms with E-state index in [2.05, 4.69) is 20.8 Å². The standard InChI is InChI=1S/C25H20F2N6O3/c1-15(34)28-13-19-14-32(25(35)36-19)18-8-9-20(21(26)12-18)17-7-10-23(22(27)11-17)33-24(29-30-31-33)16-5-3-2-4-6-16/h2-12,19H,13-14H2,1H3,(H,28,34)/t19-/m0/s1. The maximum absolute atomic E-state index is 15.1. The Morgan fingerprint density at radius 2 is 1.86 bits per heavy atom. The summed E-state index contributed by atoms with van der Waals surface area (Å²) in [5, 5.41) is 14.1. The third kappa shape index (κ3) is 4.50. The lowest BCUT2D eigenvalue weighted by molar-refractivity contribution is -0.119. The summed E-state index contributed by atoms with van der Waals surface area (Å²) in [7, 11) is 0. The number of hydrogen-bond donors (Lipinski definition) is 1. The minimum Gasteiger partial charge on any atom is -0.442 e. The zero-order valence-corrected chi connectivity index (χ0v) is 19.1. The van der Waals surface area contributed by atoms with Gasteiger partial charge < -0.3 is 10.1 Å². The number of nitrogens with one attached hydrogen (secondary N) is 1. The molecule has 182 valence electrons. The molecule has 0 aliphatic carbocycles. The van der Waals surface area contributed by atoms with Crippen LogP contribution in [0.2, 0.25) is 0 Å². The molecule has 1 saturated heterocycles. The number of benzene rings is 3. The molecule has 9 nitrogen and oxygen atoms in total. The van der Waals surface area contributed by atoms with Gasteiger partial charge in [-0.1, -0.05) is 36.4 Å². The summed E-state index contributed by atoms with van der Waals surface area (Å²) in [6.07, 6.45) is -1.18. The van der Waals surface area contributed by atoms with Crippen LogP contribution in [0.25, 0.3) is 28.2 Å². The van der Waals surface area contributed by atoms with Crippen LogP contribution in [0, 0.1) is 11.6 Å². The number of tetrazole rings is 1. The highest BCUT2D eigenvalue weighted by Crippen LogP contribution is 2.31. The molecule has 11 heteroatoms. The van der Waals surface area contributed by atoms with Crippen LogP contribution < -0.4 is 10.2 Å². The summed E-state index contributed by atoms with van der Waals surface area (Å²) in [6.45, 7) is 1.69. The fourth-order valence-corrected chi connectivity index (χ4v) is 3.97. The molecule has 2 heterocycles. The van der Waals surface area contributed by atoms with Crippen molar-refractivity contribution in [2.45, 2.75) is 13.0 Å². The molecule has 1 atom stereocenters. The number of aromatic nitrogens is 4. The number of halogens is 2. The van der Waals surface area contributed by atoms with E-state index in [-0.39, 0.29) is 30.2 Å². The van der Waals surface area contributed by atoms with Crippen molar-refractivity contribution in [3.63, 3.8) is 0 Å². The topological polar surface area (TPSA) is 102 Å². The van der Waals surface area contributed by atoms with Crippen molar-refractivity contribution in [2.24, 2.45) is 0 Å². The minimum atomic E-state index is -0.636. The van der Waals surface area contributed by atoms with Gasteiger partial charge in [-0.3, -0.25) is 9.69 Å². The highest BCUT2D eigenvalue weighted by Gasteiger charge is 2.32. The second-order valence-corrected chi connectivity index (χ2v) is 8.16. The highest BCUT2D eigenvalue weighted by atomic mass is 19.1. The Morgan fingerprint density at radius 3 is 2.58 bits per heavy atom. The predicted molar refractivity (Wildman–Crippen MR) is 126 cm³/mol. The van der Waals surface area contributed by atoms with Gasteiger partial charge in [0.25, 0.3) is 0 Å². The summed E-state index contributed by atoms with van der Waals surface area (Å²) in [4.78, 5) is 24.6. The Labute approximate surface area is 204 Å². The van der Waals surface area contributed by atoms with Gasteiger partial charge in [-0.2, -0.15) is 4.68 Å². The molecule has 4 aromatic rings. The van der Waals surface area contributed by atoms with Gasteiger partial charge in [0.15, 0.2) is 5.82 Å². The van der Waals surface area contributed by atoms with Crippen LogP contribution >= 0.6 is 0 Å². The number of anilines is 1. The molecule has 0 saturated carbocycles. The summed E-state index contributed by atoms with van der Waals surface area (Å²) in [5.74, 6) is -1.14. The fraction of sp³-hybridized carbons (Fsp3) is 0.160. The molecule has 1 aliphatic heterocycles. The lowest BCUT2D eigenvalue weighted by Crippen LogP contribution is -2.33. The molecule has 0 spiro atoms. The van der Waals surface area contributed by atoms with E-state index < -0.39 is 23.8 Å². The number of carbonyl (C=O) groups excluding carboxylic acids is 2. The largest absolute Gasteiger partial charge is 0.442 e. The summed E-state index contributed by atoms with van der Waals surface area (Å²) in [6, 6.07) is 17.6. The van der Waals surface area contributed by atoms with Crippen LogP contribution in [-0.4, -0.2) is 51.4 Å². The number of nitrogens with zero attached hydrogens (tertiary/aromatic N) is 5. The molecule has 0 bridgehead atoms. The number of carbonyl (C=O) groups is 2. The number of amides is 2. The Hall–Kier alpha value is -4.67. The second kappa shape index (κ2) is 9.53. The zero-order chi connectivity index (χ0) is 25.2. The molecule has 0 unspecified atom stereocenters. The van der Waals surface area contributed by atoms with Gasteiger partial charge >= 0.3 is 6.09 Å². The molecule has 1 aliphatic rings. The van der Waals surface area contributed by atoms with Gasteiger partial charge in [0.05, 0.1) is 18.8 Å². The molecular weight excluding hydrogens is 470 g/mol. The molecule has 1 fully saturated rings. The molecule has 5 rings (SSSR count). The van der Waals surface area contributed by atoms with Crippen molar-refractivity contribution in [3.05, 3.63) is 78.4 Å². The van der Waals surface area contributed by atoms with E-state index in [9.17, 15) is 9.59 Å². The first-order chi connectivity index (χ1) is 17.4. The summed E-state index contributed by atoms with van der Waals surface area (Å²) >= 11 is 0. The van der Waals surface area contributed by atoms with Crippen LogP contribution in [0.5, 0.6) is 0 Å². The van der Waals surface area contributed by atoms with Crippen molar-refractivity contribution in [1.82, 2.24) is 25.5 Å². The van der Waals surface area contributed by atoms with E-state index in [4.69, 9.17) is 4.74 Å². The van der Waals surface area contributed by atoms with Gasteiger partial charge in [0, 0.05) is 18.1 Å². The minimum absolute atomic E-state index is 0.115. The van der Waals surface area contributed by atoms with Crippen LogP contribution in [0.15, 0.2) is 66.7 Å². The molecule has 1 N–H and O–H groups in total. The lowest BCUT2D eigenvalue weighted by atomic mass is 10.0. The van der Waals surface area contributed by atoms with E-state index in [1.165, 1.54) is 40.8 Å². The summed E-state index contributed by atoms with van der Waals surface area (Å²) in [5.41, 5.74) is 1.59. The first kappa shape index (κ1) is 23.1. The number of rotatable bonds is 6. The molecule has 3 aromatic carbocycles. The summed E-state index contributed by atoms with van der Waals surface area (Å²) < 4.78 is 36.7. The maximum atomic E-state index is 15.1. The van der Waals surface area contributed by atoms with Crippen molar-refractivity contribution in [3.8, 4) is 28.2 Å². The maximum Gasteiger partial charge on any atom is 0.414 e. The fourth-order valence-electron chi connectivity index (χ4n) is 3.97. The smallest absolute Gasteiger partial charge is 0.414 e. The third-order valence-corrected chi connectivity index (χ3v) is 5.71. The van der Waals surface area contributed by atoms with Crippen molar-refractivity contribution >= 4 is 17.7 Å². The van der Waals surface area contributed by atoms with Crippen LogP contribution in [0.4, 0.5) is 19.3 Å². The first-order valence-corrected chi connectivity index (χ1v) is 11.1. The predicted octanol–water partition coefficient (Wildman–Crippen LogP) is 3.74.